The maximum Gasteiger partial charge on any atom is 0.241 e. The van der Waals surface area contributed by atoms with Gasteiger partial charge in [0.25, 0.3) is 0 Å². The molecule has 0 aliphatic heterocycles. The molecule has 3 N–H and O–H groups in total. The standard InChI is InChI=1S/C13H20N2O2/c1-9(2)12(14)13(16)15-11-7-5-4-6-10(11)8-17-3/h4-7,9,12H,8,14H2,1-3H3,(H,15,16)/t12-/m1/s1. The van der Waals surface area contributed by atoms with Crippen molar-refractivity contribution in [2.45, 2.75) is 26.5 Å². The Morgan fingerprint density at radius 1 is 1.41 bits per heavy atom. The van der Waals surface area contributed by atoms with Crippen LogP contribution in [-0.2, 0) is 16.1 Å². The number of carbonyl (C=O) groups is 1. The van der Waals surface area contributed by atoms with Crippen LogP contribution in [0, 0.1) is 5.92 Å². The molecule has 0 aliphatic carbocycles. The van der Waals surface area contributed by atoms with Crippen molar-refractivity contribution in [3.05, 3.63) is 29.8 Å². The molecule has 0 saturated heterocycles. The molecule has 0 saturated carbocycles. The first-order valence-electron chi connectivity index (χ1n) is 5.69. The predicted molar refractivity (Wildman–Crippen MR) is 68.6 cm³/mol. The number of anilines is 1. The number of carbonyl (C=O) groups excluding carboxylic acids is 1. The van der Waals surface area contributed by atoms with Crippen molar-refractivity contribution >= 4 is 11.6 Å². The number of methoxy groups -OCH3 is 1. The lowest BCUT2D eigenvalue weighted by Gasteiger charge is -2.17. The lowest BCUT2D eigenvalue weighted by atomic mass is 10.0. The fourth-order valence-corrected chi connectivity index (χ4v) is 1.44. The molecule has 0 bridgehead atoms. The fourth-order valence-electron chi connectivity index (χ4n) is 1.44. The van der Waals surface area contributed by atoms with Crippen LogP contribution in [-0.4, -0.2) is 19.1 Å². The van der Waals surface area contributed by atoms with E-state index in [-0.39, 0.29) is 11.8 Å². The van der Waals surface area contributed by atoms with Crippen molar-refractivity contribution in [3.8, 4) is 0 Å². The van der Waals surface area contributed by atoms with E-state index < -0.39 is 6.04 Å². The molecule has 0 aromatic heterocycles. The first kappa shape index (κ1) is 13.7. The normalized spacial score (nSPS) is 12.5. The monoisotopic (exact) mass is 236 g/mol. The summed E-state index contributed by atoms with van der Waals surface area (Å²) in [6.45, 7) is 4.31. The van der Waals surface area contributed by atoms with Crippen molar-refractivity contribution in [1.29, 1.82) is 0 Å². The smallest absolute Gasteiger partial charge is 0.241 e. The van der Waals surface area contributed by atoms with Gasteiger partial charge in [0.1, 0.15) is 0 Å². The van der Waals surface area contributed by atoms with Gasteiger partial charge in [-0.3, -0.25) is 4.79 Å². The van der Waals surface area contributed by atoms with Gasteiger partial charge in [0.2, 0.25) is 5.91 Å². The molecule has 1 atom stereocenters. The van der Waals surface area contributed by atoms with E-state index in [2.05, 4.69) is 5.32 Å². The van der Waals surface area contributed by atoms with Crippen LogP contribution in [0.1, 0.15) is 19.4 Å². The van der Waals surface area contributed by atoms with Crippen molar-refractivity contribution < 1.29 is 9.53 Å². The Morgan fingerprint density at radius 2 is 2.06 bits per heavy atom. The minimum Gasteiger partial charge on any atom is -0.380 e. The molecule has 1 aromatic carbocycles. The van der Waals surface area contributed by atoms with E-state index in [1.165, 1.54) is 0 Å². The molecule has 4 nitrogen and oxygen atoms in total. The van der Waals surface area contributed by atoms with Crippen LogP contribution in [0.2, 0.25) is 0 Å². The molecule has 1 amide bonds. The zero-order valence-electron chi connectivity index (χ0n) is 10.6. The highest BCUT2D eigenvalue weighted by molar-refractivity contribution is 5.95. The van der Waals surface area contributed by atoms with Gasteiger partial charge in [-0.2, -0.15) is 0 Å². The van der Waals surface area contributed by atoms with Gasteiger partial charge >= 0.3 is 0 Å². The molecule has 1 aromatic rings. The highest BCUT2D eigenvalue weighted by atomic mass is 16.5. The second kappa shape index (κ2) is 6.37. The zero-order valence-corrected chi connectivity index (χ0v) is 10.6. The molecule has 0 radical (unpaired) electrons. The molecule has 0 spiro atoms. The summed E-state index contributed by atoms with van der Waals surface area (Å²) in [4.78, 5) is 11.8. The third-order valence-corrected chi connectivity index (χ3v) is 2.60. The van der Waals surface area contributed by atoms with Crippen molar-refractivity contribution in [1.82, 2.24) is 0 Å². The lowest BCUT2D eigenvalue weighted by Crippen LogP contribution is -2.39. The number of nitrogens with two attached hydrogens (primary N) is 1. The van der Waals surface area contributed by atoms with Crippen molar-refractivity contribution in [2.24, 2.45) is 11.7 Å². The maximum atomic E-state index is 11.8. The summed E-state index contributed by atoms with van der Waals surface area (Å²) in [6, 6.07) is 7.05. The van der Waals surface area contributed by atoms with E-state index in [9.17, 15) is 4.79 Å². The van der Waals surface area contributed by atoms with Gasteiger partial charge in [-0.15, -0.1) is 0 Å². The van der Waals surface area contributed by atoms with Crippen LogP contribution in [0.4, 0.5) is 5.69 Å². The second-order valence-corrected chi connectivity index (χ2v) is 4.35. The summed E-state index contributed by atoms with van der Waals surface area (Å²) < 4.78 is 5.08. The van der Waals surface area contributed by atoms with Gasteiger partial charge in [0, 0.05) is 18.4 Å². The van der Waals surface area contributed by atoms with Crippen LogP contribution in [0.15, 0.2) is 24.3 Å². The molecule has 1 rings (SSSR count). The van der Waals surface area contributed by atoms with Gasteiger partial charge in [0.05, 0.1) is 12.6 Å². The summed E-state index contributed by atoms with van der Waals surface area (Å²) in [5, 5.41) is 2.83. The molecule has 0 fully saturated rings. The summed E-state index contributed by atoms with van der Waals surface area (Å²) >= 11 is 0. The minimum atomic E-state index is -0.495. The summed E-state index contributed by atoms with van der Waals surface area (Å²) in [5.74, 6) is -0.0480. The Morgan fingerprint density at radius 3 is 2.65 bits per heavy atom. The molecule has 0 heterocycles. The quantitative estimate of drug-likeness (QED) is 0.818. The van der Waals surface area contributed by atoms with E-state index >= 15 is 0 Å². The minimum absolute atomic E-state index is 0.115. The third-order valence-electron chi connectivity index (χ3n) is 2.60. The van der Waals surface area contributed by atoms with Crippen LogP contribution in [0.3, 0.4) is 0 Å². The average molecular weight is 236 g/mol. The molecule has 94 valence electrons. The number of hydrogen-bond donors (Lipinski definition) is 2. The first-order valence-corrected chi connectivity index (χ1v) is 5.69. The van der Waals surface area contributed by atoms with Crippen LogP contribution < -0.4 is 11.1 Å². The lowest BCUT2D eigenvalue weighted by molar-refractivity contribution is -0.118. The third kappa shape index (κ3) is 3.84. The van der Waals surface area contributed by atoms with Crippen LogP contribution in [0.25, 0.3) is 0 Å². The molecular formula is C13H20N2O2. The number of rotatable bonds is 5. The zero-order chi connectivity index (χ0) is 12.8. The van der Waals surface area contributed by atoms with Gasteiger partial charge in [-0.1, -0.05) is 32.0 Å². The van der Waals surface area contributed by atoms with Crippen molar-refractivity contribution in [3.63, 3.8) is 0 Å². The molecule has 17 heavy (non-hydrogen) atoms. The van der Waals surface area contributed by atoms with Gasteiger partial charge in [0.15, 0.2) is 0 Å². The first-order chi connectivity index (χ1) is 8.06. The Bertz CT molecular complexity index is 377. The molecule has 0 aliphatic rings. The van der Waals surface area contributed by atoms with E-state index in [4.69, 9.17) is 10.5 Å². The maximum absolute atomic E-state index is 11.8. The van der Waals surface area contributed by atoms with Gasteiger partial charge < -0.3 is 15.8 Å². The van der Waals surface area contributed by atoms with Gasteiger partial charge in [-0.05, 0) is 12.0 Å². The van der Waals surface area contributed by atoms with E-state index in [1.807, 2.05) is 38.1 Å². The van der Waals surface area contributed by atoms with E-state index in [0.717, 1.165) is 11.3 Å². The summed E-state index contributed by atoms with van der Waals surface area (Å²) in [5.41, 5.74) is 7.49. The second-order valence-electron chi connectivity index (χ2n) is 4.35. The Kier molecular flexibility index (Phi) is 5.12. The number of ether oxygens (including phenoxy) is 1. The Hall–Kier alpha value is -1.39. The number of nitrogens with one attached hydrogen (secondary N) is 1. The largest absolute Gasteiger partial charge is 0.380 e. The Labute approximate surface area is 102 Å². The topological polar surface area (TPSA) is 64.3 Å². The van der Waals surface area contributed by atoms with E-state index in [1.54, 1.807) is 7.11 Å². The number of benzene rings is 1. The highest BCUT2D eigenvalue weighted by Gasteiger charge is 2.17. The predicted octanol–water partition coefficient (Wildman–Crippen LogP) is 1.75. The van der Waals surface area contributed by atoms with Crippen molar-refractivity contribution in [2.75, 3.05) is 12.4 Å². The molecule has 4 heteroatoms. The summed E-state index contributed by atoms with van der Waals surface area (Å²) in [7, 11) is 1.62. The number of para-hydroxylation sites is 1. The Balaban J connectivity index is 2.77. The average Bonchev–Trinajstić information content (AvgIpc) is 2.30. The highest BCUT2D eigenvalue weighted by Crippen LogP contribution is 2.16. The SMILES string of the molecule is COCc1ccccc1NC(=O)[C@H](N)C(C)C. The number of hydrogen-bond acceptors (Lipinski definition) is 3. The van der Waals surface area contributed by atoms with E-state index in [0.29, 0.717) is 6.61 Å². The van der Waals surface area contributed by atoms with Gasteiger partial charge in [-0.25, -0.2) is 0 Å². The molecular weight excluding hydrogens is 216 g/mol. The molecule has 0 unspecified atom stereocenters. The fraction of sp³-hybridized carbons (Fsp3) is 0.462. The van der Waals surface area contributed by atoms with Crippen LogP contribution in [0.5, 0.6) is 0 Å². The number of amides is 1. The summed E-state index contributed by atoms with van der Waals surface area (Å²) in [6.07, 6.45) is 0. The van der Waals surface area contributed by atoms with Crippen LogP contribution >= 0.6 is 0 Å².